The molecule has 0 bridgehead atoms. The van der Waals surface area contributed by atoms with Gasteiger partial charge in [-0.3, -0.25) is 14.5 Å². The Labute approximate surface area is 190 Å². The largest absolute Gasteiger partial charge is 0.497 e. The zero-order chi connectivity index (χ0) is 22.7. The number of ether oxygens (including phenoxy) is 1. The Kier molecular flexibility index (Phi) is 6.72. The monoisotopic (exact) mass is 441 g/mol. The fraction of sp³-hybridized carbons (Fsp3) is 0.640. The molecule has 3 fully saturated rings. The van der Waals surface area contributed by atoms with Crippen LogP contribution in [0.1, 0.15) is 57.4 Å². The number of benzene rings is 1. The van der Waals surface area contributed by atoms with Crippen LogP contribution in [0.2, 0.25) is 0 Å². The van der Waals surface area contributed by atoms with Gasteiger partial charge in [0.25, 0.3) is 5.91 Å². The van der Waals surface area contributed by atoms with Crippen molar-refractivity contribution in [1.29, 1.82) is 0 Å². The number of nitrogens with one attached hydrogen (secondary N) is 1. The number of carbonyl (C=O) groups is 3. The molecule has 0 radical (unpaired) electrons. The topological polar surface area (TPSA) is 79.0 Å². The van der Waals surface area contributed by atoms with E-state index in [1.54, 1.807) is 7.11 Å². The second-order valence-electron chi connectivity index (χ2n) is 9.80. The second kappa shape index (κ2) is 9.51. The number of aryl methyl sites for hydroxylation is 1. The highest BCUT2D eigenvalue weighted by Gasteiger charge is 2.52. The Morgan fingerprint density at radius 3 is 2.38 bits per heavy atom. The van der Waals surface area contributed by atoms with E-state index in [0.717, 1.165) is 49.2 Å². The highest BCUT2D eigenvalue weighted by Crippen LogP contribution is 2.36. The van der Waals surface area contributed by atoms with Gasteiger partial charge >= 0.3 is 6.03 Å². The van der Waals surface area contributed by atoms with Crippen molar-refractivity contribution in [2.24, 2.45) is 11.8 Å². The Morgan fingerprint density at radius 1 is 1.09 bits per heavy atom. The molecule has 1 N–H and O–H groups in total. The van der Waals surface area contributed by atoms with Gasteiger partial charge in [-0.2, -0.15) is 0 Å². The minimum Gasteiger partial charge on any atom is -0.497 e. The predicted molar refractivity (Wildman–Crippen MR) is 121 cm³/mol. The number of methoxy groups -OCH3 is 1. The number of nitrogens with zero attached hydrogens (tertiary/aromatic N) is 2. The summed E-state index contributed by atoms with van der Waals surface area (Å²) in [5.41, 5.74) is 0.520. The number of carbonyl (C=O) groups excluding carboxylic acids is 3. The molecule has 174 valence electrons. The van der Waals surface area contributed by atoms with Crippen LogP contribution in [0.25, 0.3) is 0 Å². The number of rotatable bonds is 6. The second-order valence-corrected chi connectivity index (χ2v) is 9.80. The molecule has 2 saturated heterocycles. The van der Waals surface area contributed by atoms with Crippen LogP contribution in [-0.4, -0.2) is 59.9 Å². The number of amides is 4. The van der Waals surface area contributed by atoms with Gasteiger partial charge in [0.1, 0.15) is 17.8 Å². The number of imide groups is 1. The van der Waals surface area contributed by atoms with Crippen LogP contribution in [0.3, 0.4) is 0 Å². The maximum Gasteiger partial charge on any atom is 0.325 e. The van der Waals surface area contributed by atoms with Gasteiger partial charge in [-0.15, -0.1) is 0 Å². The smallest absolute Gasteiger partial charge is 0.325 e. The summed E-state index contributed by atoms with van der Waals surface area (Å²) in [6.45, 7) is 3.42. The van der Waals surface area contributed by atoms with E-state index >= 15 is 0 Å². The molecule has 3 aliphatic rings. The van der Waals surface area contributed by atoms with Crippen LogP contribution in [0, 0.1) is 11.8 Å². The van der Waals surface area contributed by atoms with Gasteiger partial charge in [-0.1, -0.05) is 19.1 Å². The highest BCUT2D eigenvalue weighted by atomic mass is 16.5. The summed E-state index contributed by atoms with van der Waals surface area (Å²) in [7, 11) is 1.67. The van der Waals surface area contributed by atoms with E-state index in [1.165, 1.54) is 5.56 Å². The third-order valence-electron chi connectivity index (χ3n) is 7.63. The Morgan fingerprint density at radius 2 is 1.75 bits per heavy atom. The van der Waals surface area contributed by atoms with Crippen LogP contribution in [-0.2, 0) is 16.0 Å². The van der Waals surface area contributed by atoms with E-state index in [-0.39, 0.29) is 18.4 Å². The summed E-state index contributed by atoms with van der Waals surface area (Å²) in [4.78, 5) is 41.3. The number of likely N-dealkylation sites (tertiary alicyclic amines) is 1. The molecule has 0 atom stereocenters. The fourth-order valence-corrected chi connectivity index (χ4v) is 5.28. The van der Waals surface area contributed by atoms with Crippen molar-refractivity contribution in [3.05, 3.63) is 29.8 Å². The van der Waals surface area contributed by atoms with E-state index in [2.05, 4.69) is 24.4 Å². The molecule has 1 aromatic rings. The molecule has 4 rings (SSSR count). The minimum absolute atomic E-state index is 0.122. The van der Waals surface area contributed by atoms with Gasteiger partial charge in [0, 0.05) is 13.1 Å². The first-order valence-corrected chi connectivity index (χ1v) is 11.9. The molecule has 7 heteroatoms. The third-order valence-corrected chi connectivity index (χ3v) is 7.63. The molecular formula is C25H35N3O4. The predicted octanol–water partition coefficient (Wildman–Crippen LogP) is 3.37. The maximum absolute atomic E-state index is 13.0. The van der Waals surface area contributed by atoms with Gasteiger partial charge in [0.15, 0.2) is 0 Å². The normalized spacial score (nSPS) is 26.5. The van der Waals surface area contributed by atoms with Crippen molar-refractivity contribution < 1.29 is 19.1 Å². The first kappa shape index (κ1) is 22.6. The summed E-state index contributed by atoms with van der Waals surface area (Å²) in [6, 6.07) is 7.78. The molecule has 2 heterocycles. The van der Waals surface area contributed by atoms with Crippen molar-refractivity contribution in [3.8, 4) is 5.75 Å². The van der Waals surface area contributed by atoms with E-state index in [4.69, 9.17) is 4.74 Å². The molecular weight excluding hydrogens is 406 g/mol. The van der Waals surface area contributed by atoms with Gasteiger partial charge < -0.3 is 15.0 Å². The van der Waals surface area contributed by atoms with Crippen molar-refractivity contribution >= 4 is 17.8 Å². The van der Waals surface area contributed by atoms with Gasteiger partial charge in [0.2, 0.25) is 5.91 Å². The Balaban J connectivity index is 1.24. The highest BCUT2D eigenvalue weighted by molar-refractivity contribution is 6.09. The summed E-state index contributed by atoms with van der Waals surface area (Å²) in [6.07, 6.45) is 7.24. The fourth-order valence-electron chi connectivity index (χ4n) is 5.28. The standard InChI is InChI=1S/C25H35N3O4/c1-18-9-13-25(14-10-18)23(30)28(24(31)26-25)17-22(29)27-15-11-20(12-16-27)4-3-19-5-7-21(32-2)8-6-19/h5-8,18,20H,3-4,9-17H2,1-2H3,(H,26,31). The van der Waals surface area contributed by atoms with E-state index < -0.39 is 11.6 Å². The van der Waals surface area contributed by atoms with Crippen LogP contribution >= 0.6 is 0 Å². The number of piperidine rings is 1. The average Bonchev–Trinajstić information content (AvgIpc) is 3.04. The molecule has 1 saturated carbocycles. The lowest BCUT2D eigenvalue weighted by Crippen LogP contribution is -2.50. The van der Waals surface area contributed by atoms with Crippen molar-refractivity contribution in [3.63, 3.8) is 0 Å². The number of hydrogen-bond acceptors (Lipinski definition) is 4. The summed E-state index contributed by atoms with van der Waals surface area (Å²) < 4.78 is 5.21. The molecule has 1 aromatic carbocycles. The zero-order valence-electron chi connectivity index (χ0n) is 19.3. The lowest BCUT2D eigenvalue weighted by molar-refractivity contribution is -0.140. The molecule has 0 unspecified atom stereocenters. The Hall–Kier alpha value is -2.57. The number of hydrogen-bond donors (Lipinski definition) is 1. The summed E-state index contributed by atoms with van der Waals surface area (Å²) >= 11 is 0. The first-order chi connectivity index (χ1) is 15.4. The summed E-state index contributed by atoms with van der Waals surface area (Å²) in [5, 5.41) is 2.90. The molecule has 2 aliphatic heterocycles. The van der Waals surface area contributed by atoms with Crippen LogP contribution in [0.4, 0.5) is 4.79 Å². The van der Waals surface area contributed by atoms with E-state index in [0.29, 0.717) is 37.8 Å². The lowest BCUT2D eigenvalue weighted by Gasteiger charge is -2.34. The SMILES string of the molecule is COc1ccc(CCC2CCN(C(=O)CN3C(=O)NC4(CCC(C)CC4)C3=O)CC2)cc1. The average molecular weight is 442 g/mol. The maximum atomic E-state index is 13.0. The number of urea groups is 1. The van der Waals surface area contributed by atoms with Gasteiger partial charge in [0.05, 0.1) is 7.11 Å². The van der Waals surface area contributed by atoms with Crippen molar-refractivity contribution in [1.82, 2.24) is 15.1 Å². The molecule has 32 heavy (non-hydrogen) atoms. The molecule has 4 amide bonds. The van der Waals surface area contributed by atoms with Crippen molar-refractivity contribution in [2.45, 2.75) is 63.8 Å². The molecule has 0 aromatic heterocycles. The van der Waals surface area contributed by atoms with E-state index in [9.17, 15) is 14.4 Å². The van der Waals surface area contributed by atoms with Crippen LogP contribution < -0.4 is 10.1 Å². The quantitative estimate of drug-likeness (QED) is 0.687. The first-order valence-electron chi connectivity index (χ1n) is 11.9. The molecule has 1 spiro atoms. The summed E-state index contributed by atoms with van der Waals surface area (Å²) in [5.74, 6) is 1.70. The third kappa shape index (κ3) is 4.76. The lowest BCUT2D eigenvalue weighted by atomic mass is 9.77. The van der Waals surface area contributed by atoms with Gasteiger partial charge in [-0.25, -0.2) is 4.79 Å². The van der Waals surface area contributed by atoms with Gasteiger partial charge in [-0.05, 0) is 80.9 Å². The van der Waals surface area contributed by atoms with E-state index in [1.807, 2.05) is 17.0 Å². The molecule has 7 nitrogen and oxygen atoms in total. The van der Waals surface area contributed by atoms with Crippen LogP contribution in [0.15, 0.2) is 24.3 Å². The zero-order valence-corrected chi connectivity index (χ0v) is 19.3. The molecule has 1 aliphatic carbocycles. The minimum atomic E-state index is -0.779. The van der Waals surface area contributed by atoms with Crippen molar-refractivity contribution in [2.75, 3.05) is 26.7 Å². The Bertz CT molecular complexity index is 837. The van der Waals surface area contributed by atoms with Crippen LogP contribution in [0.5, 0.6) is 5.75 Å².